The van der Waals surface area contributed by atoms with Gasteiger partial charge >= 0.3 is 39.5 Å². The number of ether oxygens (including phenoxy) is 4. The van der Waals surface area contributed by atoms with Crippen molar-refractivity contribution in [3.05, 3.63) is 0 Å². The van der Waals surface area contributed by atoms with E-state index in [1.807, 2.05) is 0 Å². The van der Waals surface area contributed by atoms with Gasteiger partial charge in [0.05, 0.1) is 26.4 Å². The van der Waals surface area contributed by atoms with Crippen LogP contribution in [0.1, 0.15) is 343 Å². The van der Waals surface area contributed by atoms with Gasteiger partial charge < -0.3 is 33.8 Å². The maximum absolute atomic E-state index is 13.0. The van der Waals surface area contributed by atoms with Crippen LogP contribution in [0.2, 0.25) is 0 Å². The van der Waals surface area contributed by atoms with Crippen LogP contribution in [-0.2, 0) is 65.4 Å². The number of phosphoric acid groups is 2. The van der Waals surface area contributed by atoms with E-state index in [-0.39, 0.29) is 25.7 Å². The summed E-state index contributed by atoms with van der Waals surface area (Å²) in [5, 5.41) is 10.6. The maximum Gasteiger partial charge on any atom is 0.472 e. The third kappa shape index (κ3) is 61.3. The summed E-state index contributed by atoms with van der Waals surface area (Å²) < 4.78 is 68.2. The van der Waals surface area contributed by atoms with E-state index in [0.29, 0.717) is 31.6 Å². The normalized spacial score (nSPS) is 14.5. The molecule has 0 amide bonds. The molecule has 0 aliphatic heterocycles. The van der Waals surface area contributed by atoms with Crippen molar-refractivity contribution in [1.82, 2.24) is 0 Å². The van der Waals surface area contributed by atoms with Crippen molar-refractivity contribution in [3.63, 3.8) is 0 Å². The van der Waals surface area contributed by atoms with Crippen molar-refractivity contribution < 1.29 is 80.2 Å². The van der Waals surface area contributed by atoms with Crippen molar-refractivity contribution in [2.24, 2.45) is 11.8 Å². The minimum absolute atomic E-state index is 0.106. The first-order valence-electron chi connectivity index (χ1n) is 35.5. The average Bonchev–Trinajstić information content (AvgIpc) is 3.66. The largest absolute Gasteiger partial charge is 0.472 e. The van der Waals surface area contributed by atoms with Gasteiger partial charge in [0.15, 0.2) is 12.2 Å². The summed E-state index contributed by atoms with van der Waals surface area (Å²) in [4.78, 5) is 72.4. The lowest BCUT2D eigenvalue weighted by molar-refractivity contribution is -0.161. The zero-order valence-corrected chi connectivity index (χ0v) is 58.1. The highest BCUT2D eigenvalue weighted by Crippen LogP contribution is 2.45. The van der Waals surface area contributed by atoms with Crippen LogP contribution in [0.3, 0.4) is 0 Å². The van der Waals surface area contributed by atoms with Crippen LogP contribution >= 0.6 is 15.6 Å². The number of carbonyl (C=O) groups excluding carboxylic acids is 4. The van der Waals surface area contributed by atoms with E-state index >= 15 is 0 Å². The van der Waals surface area contributed by atoms with Gasteiger partial charge in [-0.05, 0) is 37.5 Å². The highest BCUT2D eigenvalue weighted by atomic mass is 31.2. The zero-order chi connectivity index (χ0) is 64.3. The average molecular weight is 1280 g/mol. The van der Waals surface area contributed by atoms with Crippen LogP contribution < -0.4 is 0 Å². The fraction of sp³-hybridized carbons (Fsp3) is 0.941. The molecule has 0 heterocycles. The molecule has 0 aliphatic carbocycles. The van der Waals surface area contributed by atoms with Crippen molar-refractivity contribution >= 4 is 39.5 Å². The number of esters is 4. The second-order valence-electron chi connectivity index (χ2n) is 25.3. The topological polar surface area (TPSA) is 237 Å². The molecule has 0 aromatic rings. The molecule has 0 aromatic heterocycles. The summed E-state index contributed by atoms with van der Waals surface area (Å²) in [7, 11) is -9.89. The molecular formula is C68H132O17P2. The lowest BCUT2D eigenvalue weighted by atomic mass is 9.99. The molecule has 516 valence electrons. The maximum atomic E-state index is 13.0. The first-order chi connectivity index (χ1) is 41.9. The fourth-order valence-corrected chi connectivity index (χ4v) is 11.8. The summed E-state index contributed by atoms with van der Waals surface area (Å²) in [5.41, 5.74) is 0. The van der Waals surface area contributed by atoms with Crippen LogP contribution in [0, 0.1) is 11.8 Å². The smallest absolute Gasteiger partial charge is 0.462 e. The molecule has 0 saturated heterocycles. The minimum Gasteiger partial charge on any atom is -0.462 e. The van der Waals surface area contributed by atoms with Gasteiger partial charge in [-0.15, -0.1) is 0 Å². The summed E-state index contributed by atoms with van der Waals surface area (Å²) >= 11 is 0. The first-order valence-corrected chi connectivity index (χ1v) is 38.5. The van der Waals surface area contributed by atoms with Crippen molar-refractivity contribution in [2.75, 3.05) is 39.6 Å². The molecule has 6 atom stereocenters. The van der Waals surface area contributed by atoms with E-state index in [0.717, 1.165) is 102 Å². The number of aliphatic hydroxyl groups is 1. The van der Waals surface area contributed by atoms with E-state index < -0.39 is 97.5 Å². The van der Waals surface area contributed by atoms with Crippen molar-refractivity contribution in [2.45, 2.75) is 362 Å². The Labute approximate surface area is 530 Å². The molecule has 0 saturated carbocycles. The van der Waals surface area contributed by atoms with E-state index in [1.54, 1.807) is 0 Å². The number of hydrogen-bond donors (Lipinski definition) is 3. The molecule has 0 fully saturated rings. The molecular weight excluding hydrogens is 1150 g/mol. The number of phosphoric ester groups is 2. The SMILES string of the molecule is CCCCCCCCCCCCCCC(=O)OC[C@H](COP(=O)(O)OC[C@@H](O)COP(=O)(O)OC[C@@H](COC(=O)CCCCCCCCC(C)C)OC(=O)CCCCCCCCCCCCCC)OC(=O)CCCCCCCCCCCCC(C)CC. The minimum atomic E-state index is -4.95. The van der Waals surface area contributed by atoms with Crippen LogP contribution in [0.4, 0.5) is 0 Å². The molecule has 0 aliphatic rings. The molecule has 3 N–H and O–H groups in total. The molecule has 19 heteroatoms. The predicted octanol–water partition coefficient (Wildman–Crippen LogP) is 19.2. The number of unbranched alkanes of at least 4 members (excludes halogenated alkanes) is 36. The molecule has 0 radical (unpaired) electrons. The van der Waals surface area contributed by atoms with Gasteiger partial charge in [-0.3, -0.25) is 37.3 Å². The second-order valence-corrected chi connectivity index (χ2v) is 28.2. The van der Waals surface area contributed by atoms with Gasteiger partial charge in [-0.2, -0.15) is 0 Å². The summed E-state index contributed by atoms with van der Waals surface area (Å²) in [6, 6.07) is 0. The lowest BCUT2D eigenvalue weighted by Gasteiger charge is -2.21. The van der Waals surface area contributed by atoms with Gasteiger partial charge in [0, 0.05) is 25.7 Å². The first kappa shape index (κ1) is 85.1. The second kappa shape index (κ2) is 60.3. The highest BCUT2D eigenvalue weighted by molar-refractivity contribution is 7.47. The Morgan fingerprint density at radius 3 is 0.874 bits per heavy atom. The molecule has 0 bridgehead atoms. The number of hydrogen-bond acceptors (Lipinski definition) is 15. The summed E-state index contributed by atoms with van der Waals surface area (Å²) in [5.74, 6) is -0.644. The number of carbonyl (C=O) groups is 4. The van der Waals surface area contributed by atoms with E-state index in [2.05, 4.69) is 41.5 Å². The Hall–Kier alpha value is -1.94. The van der Waals surface area contributed by atoms with Gasteiger partial charge in [0.1, 0.15) is 19.3 Å². The fourth-order valence-electron chi connectivity index (χ4n) is 10.2. The quantitative estimate of drug-likeness (QED) is 0.0222. The molecule has 0 aromatic carbocycles. The Morgan fingerprint density at radius 2 is 0.586 bits per heavy atom. The van der Waals surface area contributed by atoms with Gasteiger partial charge in [0.2, 0.25) is 0 Å². The van der Waals surface area contributed by atoms with Gasteiger partial charge in [0.25, 0.3) is 0 Å². The van der Waals surface area contributed by atoms with E-state index in [9.17, 15) is 43.2 Å². The Kier molecular flexibility index (Phi) is 59.0. The standard InChI is InChI=1S/C68H132O17P2/c1-7-10-12-14-16-18-20-22-27-31-38-44-50-65(70)78-56-63(84-68(73)53-47-41-33-29-25-24-26-30-37-43-49-61(6)9-3)58-82-86(74,75)80-54-62(69)55-81-87(76,77)83-59-64(57-79-66(71)51-45-39-35-34-36-42-48-60(4)5)85-67(72)52-46-40-32-28-23-21-19-17-15-13-11-8-2/h60-64,69H,7-59H2,1-6H3,(H,74,75)(H,76,77)/t61?,62-,63-,64-/m1/s1. The number of aliphatic hydroxyl groups excluding tert-OH is 1. The molecule has 3 unspecified atom stereocenters. The Balaban J connectivity index is 5.25. The third-order valence-electron chi connectivity index (χ3n) is 16.1. The molecule has 87 heavy (non-hydrogen) atoms. The van der Waals surface area contributed by atoms with Crippen LogP contribution in [-0.4, -0.2) is 96.7 Å². The molecule has 17 nitrogen and oxygen atoms in total. The van der Waals surface area contributed by atoms with Crippen LogP contribution in [0.5, 0.6) is 0 Å². The van der Waals surface area contributed by atoms with Gasteiger partial charge in [-0.25, -0.2) is 9.13 Å². The lowest BCUT2D eigenvalue weighted by Crippen LogP contribution is -2.30. The van der Waals surface area contributed by atoms with Crippen molar-refractivity contribution in [1.29, 1.82) is 0 Å². The van der Waals surface area contributed by atoms with Crippen molar-refractivity contribution in [3.8, 4) is 0 Å². The molecule has 0 rings (SSSR count). The summed E-state index contributed by atoms with van der Waals surface area (Å²) in [6.07, 6.45) is 44.4. The molecule has 0 spiro atoms. The highest BCUT2D eigenvalue weighted by Gasteiger charge is 2.30. The van der Waals surface area contributed by atoms with Crippen LogP contribution in [0.15, 0.2) is 0 Å². The Morgan fingerprint density at radius 1 is 0.333 bits per heavy atom. The van der Waals surface area contributed by atoms with Crippen LogP contribution in [0.25, 0.3) is 0 Å². The summed E-state index contributed by atoms with van der Waals surface area (Å²) in [6.45, 7) is 9.48. The predicted molar refractivity (Wildman–Crippen MR) is 349 cm³/mol. The van der Waals surface area contributed by atoms with Gasteiger partial charge in [-0.1, -0.05) is 292 Å². The third-order valence-corrected chi connectivity index (χ3v) is 18.0. The Bertz CT molecular complexity index is 1700. The van der Waals surface area contributed by atoms with E-state index in [1.165, 1.54) is 154 Å². The number of rotatable bonds is 67. The monoisotopic (exact) mass is 1280 g/mol. The zero-order valence-electron chi connectivity index (χ0n) is 56.3. The van der Waals surface area contributed by atoms with E-state index in [4.69, 9.17) is 37.0 Å².